The maximum Gasteiger partial charge on any atom is 0.190 e. The molecule has 2 aromatic rings. The Bertz CT molecular complexity index is 775. The Labute approximate surface area is 155 Å². The molecule has 1 aromatic carbocycles. The fourth-order valence-corrected chi connectivity index (χ4v) is 3.45. The molecule has 26 heavy (non-hydrogen) atoms. The van der Waals surface area contributed by atoms with Crippen molar-refractivity contribution in [1.29, 1.82) is 0 Å². The third-order valence-electron chi connectivity index (χ3n) is 4.97. The molecule has 0 saturated heterocycles. The summed E-state index contributed by atoms with van der Waals surface area (Å²) in [7, 11) is 1.82. The van der Waals surface area contributed by atoms with Crippen LogP contribution >= 0.6 is 0 Å². The molecule has 3 N–H and O–H groups in total. The molecule has 5 nitrogen and oxygen atoms in total. The van der Waals surface area contributed by atoms with E-state index >= 15 is 0 Å². The van der Waals surface area contributed by atoms with Gasteiger partial charge in [0.15, 0.2) is 5.96 Å². The number of aromatic nitrogens is 1. The third kappa shape index (κ3) is 4.67. The van der Waals surface area contributed by atoms with E-state index < -0.39 is 0 Å². The largest absolute Gasteiger partial charge is 0.377 e. The number of aromatic amines is 1. The molecule has 5 heteroatoms. The monoisotopic (exact) mass is 354 g/mol. The van der Waals surface area contributed by atoms with E-state index in [1.165, 1.54) is 27.6 Å². The smallest absolute Gasteiger partial charge is 0.190 e. The van der Waals surface area contributed by atoms with Crippen molar-refractivity contribution in [2.45, 2.75) is 32.6 Å². The number of guanidine groups is 1. The van der Waals surface area contributed by atoms with Gasteiger partial charge in [-0.25, -0.2) is 0 Å². The van der Waals surface area contributed by atoms with Crippen molar-refractivity contribution in [1.82, 2.24) is 15.6 Å². The van der Waals surface area contributed by atoms with Gasteiger partial charge in [0.05, 0.1) is 13.2 Å². The van der Waals surface area contributed by atoms with Gasteiger partial charge in [-0.05, 0) is 36.8 Å². The lowest BCUT2D eigenvalue weighted by Gasteiger charge is -2.15. The average molecular weight is 354 g/mol. The fourth-order valence-electron chi connectivity index (χ4n) is 3.45. The van der Waals surface area contributed by atoms with Crippen LogP contribution in [0.15, 0.2) is 41.0 Å². The number of aryl methyl sites for hydroxylation is 1. The normalized spacial score (nSPS) is 15.2. The molecular weight excluding hydrogens is 324 g/mol. The molecule has 1 aliphatic heterocycles. The summed E-state index contributed by atoms with van der Waals surface area (Å²) < 4.78 is 5.35. The summed E-state index contributed by atoms with van der Waals surface area (Å²) in [5.41, 5.74) is 5.48. The number of para-hydroxylation sites is 1. The van der Waals surface area contributed by atoms with E-state index in [-0.39, 0.29) is 0 Å². The number of fused-ring (bicyclic) bond motifs is 1. The predicted molar refractivity (Wildman–Crippen MR) is 109 cm³/mol. The number of hydrogen-bond donors (Lipinski definition) is 3. The zero-order chi connectivity index (χ0) is 18.2. The number of aliphatic imine (C=N–C) groups is 1. The van der Waals surface area contributed by atoms with Crippen molar-refractivity contribution >= 4 is 16.9 Å². The van der Waals surface area contributed by atoms with Gasteiger partial charge < -0.3 is 20.4 Å². The van der Waals surface area contributed by atoms with Crippen molar-refractivity contribution in [2.24, 2.45) is 4.99 Å². The van der Waals surface area contributed by atoms with Crippen LogP contribution in [0.5, 0.6) is 0 Å². The molecule has 0 atom stereocenters. The quantitative estimate of drug-likeness (QED) is 0.407. The lowest BCUT2D eigenvalue weighted by Crippen LogP contribution is -2.38. The topological polar surface area (TPSA) is 61.4 Å². The zero-order valence-corrected chi connectivity index (χ0v) is 15.9. The Hall–Kier alpha value is -2.27. The van der Waals surface area contributed by atoms with Gasteiger partial charge in [0, 0.05) is 37.2 Å². The highest BCUT2D eigenvalue weighted by molar-refractivity contribution is 5.86. The summed E-state index contributed by atoms with van der Waals surface area (Å²) in [6.07, 6.45) is 8.45. The highest BCUT2D eigenvalue weighted by atomic mass is 16.5. The molecule has 0 spiro atoms. The SMILES string of the molecule is CCc1cccc2c(CCNC(=NC)NCCC3=CCOCC3)c[nH]c12. The number of rotatable bonds is 7. The summed E-state index contributed by atoms with van der Waals surface area (Å²) in [6, 6.07) is 6.55. The molecule has 0 unspecified atom stereocenters. The van der Waals surface area contributed by atoms with Gasteiger partial charge in [0.25, 0.3) is 0 Å². The maximum absolute atomic E-state index is 5.35. The minimum Gasteiger partial charge on any atom is -0.377 e. The minimum atomic E-state index is 0.757. The average Bonchev–Trinajstić information content (AvgIpc) is 3.11. The molecule has 1 aliphatic rings. The molecule has 0 radical (unpaired) electrons. The molecule has 0 bridgehead atoms. The lowest BCUT2D eigenvalue weighted by molar-refractivity contribution is 0.153. The van der Waals surface area contributed by atoms with Crippen LogP contribution in [0.2, 0.25) is 0 Å². The van der Waals surface area contributed by atoms with E-state index in [2.05, 4.69) is 58.0 Å². The Morgan fingerprint density at radius 3 is 2.77 bits per heavy atom. The molecule has 0 amide bonds. The first-order valence-corrected chi connectivity index (χ1v) is 9.59. The van der Waals surface area contributed by atoms with Crippen LogP contribution in [0, 0.1) is 0 Å². The summed E-state index contributed by atoms with van der Waals surface area (Å²) >= 11 is 0. The molecule has 3 rings (SSSR count). The van der Waals surface area contributed by atoms with Crippen molar-refractivity contribution in [3.63, 3.8) is 0 Å². The summed E-state index contributed by atoms with van der Waals surface area (Å²) in [4.78, 5) is 7.76. The van der Waals surface area contributed by atoms with Crippen LogP contribution in [0.25, 0.3) is 10.9 Å². The van der Waals surface area contributed by atoms with E-state index in [0.29, 0.717) is 0 Å². The number of H-pyrrole nitrogens is 1. The van der Waals surface area contributed by atoms with Gasteiger partial charge in [-0.15, -0.1) is 0 Å². The lowest BCUT2D eigenvalue weighted by atomic mass is 10.1. The molecule has 0 saturated carbocycles. The predicted octanol–water partition coefficient (Wildman–Crippen LogP) is 3.17. The standard InChI is InChI=1S/C21H30N4O/c1-3-17-5-4-6-19-18(15-25-20(17)19)8-12-24-21(22-2)23-11-7-16-9-13-26-14-10-16/h4-6,9,15,25H,3,7-8,10-14H2,1-2H3,(H2,22,23,24). The number of benzene rings is 1. The first-order valence-electron chi connectivity index (χ1n) is 9.59. The second-order valence-electron chi connectivity index (χ2n) is 6.62. The van der Waals surface area contributed by atoms with Crippen molar-refractivity contribution in [3.8, 4) is 0 Å². The highest BCUT2D eigenvalue weighted by Crippen LogP contribution is 2.22. The Morgan fingerprint density at radius 2 is 2.04 bits per heavy atom. The van der Waals surface area contributed by atoms with Gasteiger partial charge >= 0.3 is 0 Å². The maximum atomic E-state index is 5.35. The van der Waals surface area contributed by atoms with Gasteiger partial charge in [0.1, 0.15) is 0 Å². The Kier molecular flexibility index (Phi) is 6.72. The van der Waals surface area contributed by atoms with E-state index in [4.69, 9.17) is 4.74 Å². The fraction of sp³-hybridized carbons (Fsp3) is 0.476. The van der Waals surface area contributed by atoms with Gasteiger partial charge in [-0.2, -0.15) is 0 Å². The van der Waals surface area contributed by atoms with Gasteiger partial charge in [-0.3, -0.25) is 4.99 Å². The number of ether oxygens (including phenoxy) is 1. The second-order valence-corrected chi connectivity index (χ2v) is 6.62. The molecular formula is C21H30N4O. The Balaban J connectivity index is 1.46. The number of nitrogens with zero attached hydrogens (tertiary/aromatic N) is 1. The van der Waals surface area contributed by atoms with Crippen molar-refractivity contribution < 1.29 is 4.74 Å². The summed E-state index contributed by atoms with van der Waals surface area (Å²) in [5, 5.41) is 8.16. The minimum absolute atomic E-state index is 0.757. The van der Waals surface area contributed by atoms with Crippen LogP contribution in [0.1, 0.15) is 30.9 Å². The molecule has 0 aliphatic carbocycles. The summed E-state index contributed by atoms with van der Waals surface area (Å²) in [5.74, 6) is 0.867. The van der Waals surface area contributed by atoms with Gasteiger partial charge in [0.2, 0.25) is 0 Å². The van der Waals surface area contributed by atoms with Crippen LogP contribution in [0.4, 0.5) is 0 Å². The van der Waals surface area contributed by atoms with Crippen LogP contribution in [0.3, 0.4) is 0 Å². The Morgan fingerprint density at radius 1 is 1.19 bits per heavy atom. The van der Waals surface area contributed by atoms with Crippen molar-refractivity contribution in [2.75, 3.05) is 33.4 Å². The van der Waals surface area contributed by atoms with Crippen LogP contribution in [-0.2, 0) is 17.6 Å². The van der Waals surface area contributed by atoms with Gasteiger partial charge in [-0.1, -0.05) is 36.8 Å². The molecule has 0 fully saturated rings. The molecule has 1 aromatic heterocycles. The molecule has 140 valence electrons. The van der Waals surface area contributed by atoms with E-state index in [1.54, 1.807) is 0 Å². The van der Waals surface area contributed by atoms with E-state index in [1.807, 2.05) is 7.05 Å². The highest BCUT2D eigenvalue weighted by Gasteiger charge is 2.07. The van der Waals surface area contributed by atoms with E-state index in [0.717, 1.165) is 57.9 Å². The second kappa shape index (κ2) is 9.43. The van der Waals surface area contributed by atoms with E-state index in [9.17, 15) is 0 Å². The van der Waals surface area contributed by atoms with Crippen LogP contribution in [-0.4, -0.2) is 44.3 Å². The van der Waals surface area contributed by atoms with Crippen molar-refractivity contribution in [3.05, 3.63) is 47.2 Å². The first-order chi connectivity index (χ1) is 12.8. The first kappa shape index (κ1) is 18.5. The number of hydrogen-bond acceptors (Lipinski definition) is 2. The zero-order valence-electron chi connectivity index (χ0n) is 15.9. The summed E-state index contributed by atoms with van der Waals surface area (Å²) in [6.45, 7) is 5.57. The molecule has 2 heterocycles. The number of nitrogens with one attached hydrogen (secondary N) is 3. The third-order valence-corrected chi connectivity index (χ3v) is 4.97. The van der Waals surface area contributed by atoms with Crippen LogP contribution < -0.4 is 10.6 Å².